The number of hydrogen-bond donors (Lipinski definition) is 2. The lowest BCUT2D eigenvalue weighted by atomic mass is 10.1. The lowest BCUT2D eigenvalue weighted by molar-refractivity contribution is -0.117. The van der Waals surface area contributed by atoms with Crippen LogP contribution >= 0.6 is 0 Å². The molecular formula is C13H20N2O2. The molecule has 0 aliphatic heterocycles. The minimum Gasteiger partial charge on any atom is -0.389 e. The fraction of sp³-hybridized carbons (Fsp3) is 0.462. The zero-order valence-electron chi connectivity index (χ0n) is 10.6. The molecule has 0 aliphatic rings. The van der Waals surface area contributed by atoms with E-state index in [0.717, 1.165) is 5.69 Å². The number of amides is 1. The van der Waals surface area contributed by atoms with Crippen molar-refractivity contribution in [3.63, 3.8) is 0 Å². The number of nitrogens with zero attached hydrogens (tertiary/aromatic N) is 1. The Labute approximate surface area is 102 Å². The summed E-state index contributed by atoms with van der Waals surface area (Å²) in [5.74, 6) is -0.0806. The van der Waals surface area contributed by atoms with E-state index >= 15 is 0 Å². The van der Waals surface area contributed by atoms with E-state index in [9.17, 15) is 9.90 Å². The van der Waals surface area contributed by atoms with E-state index in [4.69, 9.17) is 0 Å². The summed E-state index contributed by atoms with van der Waals surface area (Å²) in [5, 5.41) is 12.4. The molecule has 1 amide bonds. The van der Waals surface area contributed by atoms with Crippen LogP contribution in [0.4, 0.5) is 5.69 Å². The van der Waals surface area contributed by atoms with E-state index in [1.807, 2.05) is 37.4 Å². The second kappa shape index (κ2) is 5.80. The SMILES string of the molecule is CN(CC(=O)Nc1ccccc1)CC(C)(C)O. The second-order valence-corrected chi connectivity index (χ2v) is 4.90. The van der Waals surface area contributed by atoms with Crippen LogP contribution in [0.5, 0.6) is 0 Å². The minimum atomic E-state index is -0.790. The van der Waals surface area contributed by atoms with Crippen LogP contribution in [0.15, 0.2) is 30.3 Å². The van der Waals surface area contributed by atoms with Crippen molar-refractivity contribution in [2.24, 2.45) is 0 Å². The van der Waals surface area contributed by atoms with E-state index in [0.29, 0.717) is 6.54 Å². The van der Waals surface area contributed by atoms with Gasteiger partial charge in [0.25, 0.3) is 0 Å². The molecule has 0 aromatic heterocycles. The van der Waals surface area contributed by atoms with Crippen molar-refractivity contribution in [2.45, 2.75) is 19.4 Å². The molecule has 2 N–H and O–H groups in total. The van der Waals surface area contributed by atoms with Crippen LogP contribution in [0.1, 0.15) is 13.8 Å². The fourth-order valence-corrected chi connectivity index (χ4v) is 1.68. The predicted molar refractivity (Wildman–Crippen MR) is 68.9 cm³/mol. The molecule has 0 saturated heterocycles. The van der Waals surface area contributed by atoms with Gasteiger partial charge in [-0.05, 0) is 33.0 Å². The monoisotopic (exact) mass is 236 g/mol. The number of rotatable bonds is 5. The zero-order chi connectivity index (χ0) is 12.9. The van der Waals surface area contributed by atoms with E-state index < -0.39 is 5.60 Å². The van der Waals surface area contributed by atoms with Gasteiger partial charge < -0.3 is 10.4 Å². The molecule has 1 rings (SSSR count). The first-order chi connectivity index (χ1) is 7.87. The van der Waals surface area contributed by atoms with Gasteiger partial charge in [0, 0.05) is 12.2 Å². The normalized spacial score (nSPS) is 11.6. The molecule has 0 saturated carbocycles. The largest absolute Gasteiger partial charge is 0.389 e. The lowest BCUT2D eigenvalue weighted by Gasteiger charge is -2.24. The van der Waals surface area contributed by atoms with E-state index in [2.05, 4.69) is 5.32 Å². The van der Waals surface area contributed by atoms with Gasteiger partial charge in [-0.3, -0.25) is 9.69 Å². The Morgan fingerprint density at radius 3 is 2.47 bits per heavy atom. The van der Waals surface area contributed by atoms with Crippen LogP contribution in [-0.2, 0) is 4.79 Å². The van der Waals surface area contributed by atoms with Crippen molar-refractivity contribution >= 4 is 11.6 Å². The molecule has 0 radical (unpaired) electrons. The molecule has 1 aromatic rings. The minimum absolute atomic E-state index is 0.0806. The molecule has 0 spiro atoms. The van der Waals surface area contributed by atoms with Crippen molar-refractivity contribution in [3.05, 3.63) is 30.3 Å². The highest BCUT2D eigenvalue weighted by atomic mass is 16.3. The molecule has 1 aromatic carbocycles. The van der Waals surface area contributed by atoms with Crippen LogP contribution in [0, 0.1) is 0 Å². The fourth-order valence-electron chi connectivity index (χ4n) is 1.68. The van der Waals surface area contributed by atoms with Gasteiger partial charge in [-0.2, -0.15) is 0 Å². The third-order valence-corrected chi connectivity index (χ3v) is 2.13. The Morgan fingerprint density at radius 2 is 1.94 bits per heavy atom. The molecule has 4 nitrogen and oxygen atoms in total. The summed E-state index contributed by atoms with van der Waals surface area (Å²) in [7, 11) is 1.81. The molecule has 0 unspecified atom stereocenters. The summed E-state index contributed by atoms with van der Waals surface area (Å²) in [5.41, 5.74) is -0.00365. The van der Waals surface area contributed by atoms with Gasteiger partial charge in [-0.15, -0.1) is 0 Å². The maximum atomic E-state index is 11.7. The van der Waals surface area contributed by atoms with Gasteiger partial charge in [0.15, 0.2) is 0 Å². The zero-order valence-corrected chi connectivity index (χ0v) is 10.6. The Balaban J connectivity index is 2.40. The van der Waals surface area contributed by atoms with Gasteiger partial charge in [-0.25, -0.2) is 0 Å². The molecule has 17 heavy (non-hydrogen) atoms. The van der Waals surface area contributed by atoms with Crippen molar-refractivity contribution in [1.82, 2.24) is 4.90 Å². The number of likely N-dealkylation sites (N-methyl/N-ethyl adjacent to an activating group) is 1. The van der Waals surface area contributed by atoms with Crippen molar-refractivity contribution in [2.75, 3.05) is 25.5 Å². The van der Waals surface area contributed by atoms with Crippen LogP contribution in [-0.4, -0.2) is 41.7 Å². The first-order valence-electron chi connectivity index (χ1n) is 5.63. The summed E-state index contributed by atoms with van der Waals surface area (Å²) in [6.07, 6.45) is 0. The number of nitrogens with one attached hydrogen (secondary N) is 1. The number of aliphatic hydroxyl groups is 1. The second-order valence-electron chi connectivity index (χ2n) is 4.90. The first-order valence-corrected chi connectivity index (χ1v) is 5.63. The first kappa shape index (κ1) is 13.7. The summed E-state index contributed by atoms with van der Waals surface area (Å²) >= 11 is 0. The average Bonchev–Trinajstić information content (AvgIpc) is 2.15. The maximum absolute atomic E-state index is 11.7. The molecule has 0 heterocycles. The molecule has 0 bridgehead atoms. The van der Waals surface area contributed by atoms with Gasteiger partial charge in [-0.1, -0.05) is 18.2 Å². The molecule has 0 fully saturated rings. The van der Waals surface area contributed by atoms with Crippen LogP contribution in [0.25, 0.3) is 0 Å². The standard InChI is InChI=1S/C13H20N2O2/c1-13(2,17)10-15(3)9-12(16)14-11-7-5-4-6-8-11/h4-8,17H,9-10H2,1-3H3,(H,14,16). The summed E-state index contributed by atoms with van der Waals surface area (Å²) in [6.45, 7) is 4.16. The average molecular weight is 236 g/mol. The quantitative estimate of drug-likeness (QED) is 0.811. The highest BCUT2D eigenvalue weighted by molar-refractivity contribution is 5.92. The highest BCUT2D eigenvalue weighted by Crippen LogP contribution is 2.06. The van der Waals surface area contributed by atoms with E-state index in [1.165, 1.54) is 0 Å². The van der Waals surface area contributed by atoms with Gasteiger partial charge >= 0.3 is 0 Å². The maximum Gasteiger partial charge on any atom is 0.238 e. The Hall–Kier alpha value is -1.39. The van der Waals surface area contributed by atoms with Crippen molar-refractivity contribution < 1.29 is 9.90 Å². The Morgan fingerprint density at radius 1 is 1.35 bits per heavy atom. The topological polar surface area (TPSA) is 52.6 Å². The highest BCUT2D eigenvalue weighted by Gasteiger charge is 2.17. The Kier molecular flexibility index (Phi) is 4.66. The molecule has 0 atom stereocenters. The predicted octanol–water partition coefficient (Wildman–Crippen LogP) is 1.33. The van der Waals surface area contributed by atoms with E-state index in [-0.39, 0.29) is 12.5 Å². The summed E-state index contributed by atoms with van der Waals surface area (Å²) in [4.78, 5) is 13.5. The van der Waals surface area contributed by atoms with Gasteiger partial charge in [0.2, 0.25) is 5.91 Å². The van der Waals surface area contributed by atoms with Gasteiger partial charge in [0.05, 0.1) is 12.1 Å². The van der Waals surface area contributed by atoms with Crippen LogP contribution < -0.4 is 5.32 Å². The van der Waals surface area contributed by atoms with Crippen LogP contribution in [0.2, 0.25) is 0 Å². The van der Waals surface area contributed by atoms with E-state index in [1.54, 1.807) is 18.7 Å². The lowest BCUT2D eigenvalue weighted by Crippen LogP contribution is -2.40. The third-order valence-electron chi connectivity index (χ3n) is 2.13. The summed E-state index contributed by atoms with van der Waals surface area (Å²) < 4.78 is 0. The molecule has 94 valence electrons. The van der Waals surface area contributed by atoms with Gasteiger partial charge in [0.1, 0.15) is 0 Å². The number of para-hydroxylation sites is 1. The van der Waals surface area contributed by atoms with Crippen LogP contribution in [0.3, 0.4) is 0 Å². The number of carbonyl (C=O) groups excluding carboxylic acids is 1. The third kappa shape index (κ3) is 6.04. The molecular weight excluding hydrogens is 216 g/mol. The number of hydrogen-bond acceptors (Lipinski definition) is 3. The van der Waals surface area contributed by atoms with Crippen molar-refractivity contribution in [1.29, 1.82) is 0 Å². The molecule has 0 aliphatic carbocycles. The molecule has 4 heteroatoms. The summed E-state index contributed by atoms with van der Waals surface area (Å²) in [6, 6.07) is 9.32. The number of benzene rings is 1. The number of anilines is 1. The Bertz CT molecular complexity index is 357. The number of carbonyl (C=O) groups is 1. The van der Waals surface area contributed by atoms with Crippen molar-refractivity contribution in [3.8, 4) is 0 Å². The smallest absolute Gasteiger partial charge is 0.238 e.